The van der Waals surface area contributed by atoms with Gasteiger partial charge in [-0.15, -0.1) is 0 Å². The first-order valence-electron chi connectivity index (χ1n) is 11.8. The number of piperidine rings is 1. The van der Waals surface area contributed by atoms with Gasteiger partial charge >= 0.3 is 16.4 Å². The number of anilines is 2. The van der Waals surface area contributed by atoms with Gasteiger partial charge in [0, 0.05) is 36.3 Å². The number of amides is 1. The van der Waals surface area contributed by atoms with Crippen molar-refractivity contribution in [1.82, 2.24) is 9.46 Å². The molecule has 214 valence electrons. The number of carbonyl (C=O) groups excluding carboxylic acids is 1. The number of alkyl halides is 3. The summed E-state index contributed by atoms with van der Waals surface area (Å²) < 4.78 is 114. The summed E-state index contributed by atoms with van der Waals surface area (Å²) in [5.74, 6) is -2.89. The first-order chi connectivity index (χ1) is 18.9. The van der Waals surface area contributed by atoms with Crippen molar-refractivity contribution in [1.29, 1.82) is 0 Å². The molecule has 16 heteroatoms. The van der Waals surface area contributed by atoms with E-state index < -0.39 is 69.4 Å². The van der Waals surface area contributed by atoms with Crippen molar-refractivity contribution in [2.24, 2.45) is 0 Å². The molecular weight excluding hydrogens is 567 g/mol. The van der Waals surface area contributed by atoms with E-state index in [0.29, 0.717) is 18.2 Å². The Bertz CT molecular complexity index is 1530. The number of carbonyl (C=O) groups is 1. The average molecular weight is 589 g/mol. The van der Waals surface area contributed by atoms with Crippen LogP contribution in [-0.2, 0) is 25.9 Å². The van der Waals surface area contributed by atoms with Crippen molar-refractivity contribution in [2.75, 3.05) is 36.4 Å². The van der Waals surface area contributed by atoms with Crippen LogP contribution in [0.1, 0.15) is 12.0 Å². The number of nitrogens with zero attached hydrogens (tertiary/aromatic N) is 3. The van der Waals surface area contributed by atoms with Crippen LogP contribution in [0.2, 0.25) is 0 Å². The molecule has 0 aliphatic carbocycles. The van der Waals surface area contributed by atoms with Gasteiger partial charge in [0.1, 0.15) is 30.3 Å². The third-order valence-electron chi connectivity index (χ3n) is 6.63. The van der Waals surface area contributed by atoms with E-state index >= 15 is 4.39 Å². The van der Waals surface area contributed by atoms with Crippen LogP contribution in [0.5, 0.6) is 5.75 Å². The smallest absolute Gasteiger partial charge is 0.416 e. The lowest BCUT2D eigenvalue weighted by Crippen LogP contribution is -2.62. The predicted molar refractivity (Wildman–Crippen MR) is 130 cm³/mol. The zero-order chi connectivity index (χ0) is 28.8. The van der Waals surface area contributed by atoms with E-state index in [1.807, 2.05) is 0 Å². The highest BCUT2D eigenvalue weighted by molar-refractivity contribution is 7.90. The second kappa shape index (κ2) is 10.3. The molecule has 2 aliphatic rings. The summed E-state index contributed by atoms with van der Waals surface area (Å²) in [4.78, 5) is 14.2. The second-order valence-corrected chi connectivity index (χ2v) is 10.7. The summed E-state index contributed by atoms with van der Waals surface area (Å²) in [6.45, 7) is -0.652. The molecule has 3 heterocycles. The van der Waals surface area contributed by atoms with Crippen LogP contribution in [0.25, 0.3) is 11.1 Å². The van der Waals surface area contributed by atoms with Crippen molar-refractivity contribution in [3.8, 4) is 16.9 Å². The van der Waals surface area contributed by atoms with Gasteiger partial charge < -0.3 is 18.9 Å². The Labute approximate surface area is 224 Å². The summed E-state index contributed by atoms with van der Waals surface area (Å²) in [5, 5.41) is 3.51. The number of benzene rings is 2. The molecule has 2 saturated heterocycles. The van der Waals surface area contributed by atoms with Crippen LogP contribution in [-0.4, -0.2) is 62.7 Å². The van der Waals surface area contributed by atoms with Gasteiger partial charge in [-0.2, -0.15) is 25.9 Å². The molecule has 2 atom stereocenters. The third-order valence-corrected chi connectivity index (χ3v) is 8.11. The maximum absolute atomic E-state index is 15.4. The zero-order valence-corrected chi connectivity index (χ0v) is 21.4. The van der Waals surface area contributed by atoms with Crippen molar-refractivity contribution < 1.29 is 49.2 Å². The molecule has 0 radical (unpaired) electrons. The van der Waals surface area contributed by atoms with Crippen molar-refractivity contribution in [2.45, 2.75) is 24.7 Å². The molecule has 2 fully saturated rings. The lowest BCUT2D eigenvalue weighted by molar-refractivity contribution is -0.137. The quantitative estimate of drug-likeness (QED) is 0.436. The zero-order valence-electron chi connectivity index (χ0n) is 20.6. The molecule has 2 unspecified atom stereocenters. The summed E-state index contributed by atoms with van der Waals surface area (Å²) in [7, 11) is -2.84. The van der Waals surface area contributed by atoms with E-state index in [4.69, 9.17) is 9.47 Å². The SMILES string of the molecule is COc1cc(-c2cc(C(F)(F)F)ccc2F)c(F)cc1N1C(=O)COC2CN(S(=O)(=O)Nc3ccon3)CCC21. The Balaban J connectivity index is 1.46. The highest BCUT2D eigenvalue weighted by atomic mass is 32.2. The molecule has 40 heavy (non-hydrogen) atoms. The Morgan fingerprint density at radius 1 is 1.10 bits per heavy atom. The fourth-order valence-corrected chi connectivity index (χ4v) is 5.96. The summed E-state index contributed by atoms with van der Waals surface area (Å²) >= 11 is 0. The summed E-state index contributed by atoms with van der Waals surface area (Å²) in [5.41, 5.74) is -2.36. The normalized spacial score (nSPS) is 20.4. The summed E-state index contributed by atoms with van der Waals surface area (Å²) in [6, 6.07) is 4.11. The molecule has 1 amide bonds. The first-order valence-corrected chi connectivity index (χ1v) is 13.2. The molecule has 5 rings (SSSR count). The highest BCUT2D eigenvalue weighted by Crippen LogP contribution is 2.41. The summed E-state index contributed by atoms with van der Waals surface area (Å²) in [6.07, 6.45) is -4.32. The maximum Gasteiger partial charge on any atom is 0.416 e. The topological polar surface area (TPSA) is 114 Å². The fourth-order valence-electron chi connectivity index (χ4n) is 4.77. The van der Waals surface area contributed by atoms with Gasteiger partial charge in [-0.3, -0.25) is 9.52 Å². The number of methoxy groups -OCH3 is 1. The van der Waals surface area contributed by atoms with Crippen LogP contribution in [0.3, 0.4) is 0 Å². The molecule has 1 N–H and O–H groups in total. The Kier molecular flexibility index (Phi) is 7.18. The lowest BCUT2D eigenvalue weighted by atomic mass is 9.97. The standard InChI is InChI=1S/C24H21F5N4O6S/c1-37-20-9-15(14-8-13(24(27,28)29)2-3-16(14)25)17(26)10-19(20)33-18-4-6-32(11-21(18)38-12-23(33)34)40(35,36)31-22-5-7-39-30-22/h2-3,5,7-10,18,21H,4,6,11-12H2,1H3,(H,30,31). The van der Waals surface area contributed by atoms with Crippen LogP contribution in [0.15, 0.2) is 47.2 Å². The van der Waals surface area contributed by atoms with Crippen molar-refractivity contribution in [3.63, 3.8) is 0 Å². The van der Waals surface area contributed by atoms with E-state index in [9.17, 15) is 30.8 Å². The minimum absolute atomic E-state index is 0.0269. The molecule has 0 bridgehead atoms. The number of hydrogen-bond donors (Lipinski definition) is 1. The molecular formula is C24H21F5N4O6S. The van der Waals surface area contributed by atoms with Gasteiger partial charge in [0.05, 0.1) is 30.5 Å². The largest absolute Gasteiger partial charge is 0.495 e. The van der Waals surface area contributed by atoms with E-state index in [2.05, 4.69) is 14.4 Å². The van der Waals surface area contributed by atoms with Gasteiger partial charge in [-0.05, 0) is 30.7 Å². The minimum Gasteiger partial charge on any atom is -0.495 e. The first kappa shape index (κ1) is 27.8. The number of fused-ring (bicyclic) bond motifs is 1. The third kappa shape index (κ3) is 5.21. The van der Waals surface area contributed by atoms with E-state index in [1.54, 1.807) is 0 Å². The molecule has 0 saturated carbocycles. The fraction of sp³-hybridized carbons (Fsp3) is 0.333. The molecule has 2 aliphatic heterocycles. The second-order valence-electron chi connectivity index (χ2n) is 9.02. The molecule has 2 aromatic carbocycles. The van der Waals surface area contributed by atoms with Crippen molar-refractivity contribution >= 4 is 27.6 Å². The van der Waals surface area contributed by atoms with Gasteiger partial charge in [0.15, 0.2) is 5.82 Å². The Hall–Kier alpha value is -3.76. The van der Waals surface area contributed by atoms with Crippen molar-refractivity contribution in [3.05, 3.63) is 59.9 Å². The highest BCUT2D eigenvalue weighted by Gasteiger charge is 2.45. The number of hydrogen-bond acceptors (Lipinski definition) is 7. The molecule has 10 nitrogen and oxygen atoms in total. The van der Waals surface area contributed by atoms with Gasteiger partial charge in [0.2, 0.25) is 0 Å². The monoisotopic (exact) mass is 588 g/mol. The van der Waals surface area contributed by atoms with E-state index in [-0.39, 0.29) is 36.8 Å². The Morgan fingerprint density at radius 3 is 2.52 bits per heavy atom. The number of aromatic nitrogens is 1. The number of morpholine rings is 1. The van der Waals surface area contributed by atoms with Gasteiger partial charge in [0.25, 0.3) is 5.91 Å². The van der Waals surface area contributed by atoms with E-state index in [1.165, 1.54) is 24.3 Å². The predicted octanol–water partition coefficient (Wildman–Crippen LogP) is 3.81. The number of ether oxygens (including phenoxy) is 2. The molecule has 0 spiro atoms. The van der Waals surface area contributed by atoms with Crippen LogP contribution >= 0.6 is 0 Å². The lowest BCUT2D eigenvalue weighted by Gasteiger charge is -2.46. The molecule has 1 aromatic heterocycles. The number of rotatable bonds is 6. The number of halogens is 5. The minimum atomic E-state index is -4.79. The number of nitrogens with one attached hydrogen (secondary N) is 1. The van der Waals surface area contributed by atoms with E-state index in [0.717, 1.165) is 16.4 Å². The average Bonchev–Trinajstić information content (AvgIpc) is 3.40. The van der Waals surface area contributed by atoms with Crippen LogP contribution in [0, 0.1) is 11.6 Å². The molecule has 3 aromatic rings. The van der Waals surface area contributed by atoms with Crippen LogP contribution in [0.4, 0.5) is 33.5 Å². The Morgan fingerprint density at radius 2 is 1.85 bits per heavy atom. The van der Waals surface area contributed by atoms with Gasteiger partial charge in [-0.25, -0.2) is 8.78 Å². The maximum atomic E-state index is 15.4. The van der Waals surface area contributed by atoms with Crippen LogP contribution < -0.4 is 14.4 Å². The van der Waals surface area contributed by atoms with Gasteiger partial charge in [-0.1, -0.05) is 5.16 Å².